The van der Waals surface area contributed by atoms with E-state index < -0.39 is 0 Å². The fourth-order valence-corrected chi connectivity index (χ4v) is 2.73. The van der Waals surface area contributed by atoms with Gasteiger partial charge in [-0.05, 0) is 54.8 Å². The maximum absolute atomic E-state index is 6.15. The van der Waals surface area contributed by atoms with Gasteiger partial charge >= 0.3 is 0 Å². The van der Waals surface area contributed by atoms with E-state index in [-0.39, 0.29) is 0 Å². The molecule has 0 radical (unpaired) electrons. The second kappa shape index (κ2) is 7.69. The van der Waals surface area contributed by atoms with E-state index in [0.717, 1.165) is 41.4 Å². The number of hydrogen-bond donors (Lipinski definition) is 1. The van der Waals surface area contributed by atoms with Crippen molar-refractivity contribution >= 4 is 23.2 Å². The van der Waals surface area contributed by atoms with E-state index >= 15 is 0 Å². The van der Waals surface area contributed by atoms with E-state index in [1.165, 1.54) is 5.56 Å². The largest absolute Gasteiger partial charge is 0.496 e. The highest BCUT2D eigenvalue weighted by Gasteiger charge is 2.02. The highest BCUT2D eigenvalue weighted by atomic mass is 35.5. The van der Waals surface area contributed by atoms with Crippen LogP contribution >= 0.6 is 23.2 Å². The summed E-state index contributed by atoms with van der Waals surface area (Å²) < 4.78 is 5.26. The van der Waals surface area contributed by atoms with Crippen LogP contribution in [0.3, 0.4) is 0 Å². The minimum atomic E-state index is 0.672. The quantitative estimate of drug-likeness (QED) is 0.782. The summed E-state index contributed by atoms with van der Waals surface area (Å²) in [5.41, 5.74) is 3.51. The predicted octanol–water partition coefficient (Wildman–Crippen LogP) is 4.64. The number of benzene rings is 2. The number of nitrogens with one attached hydrogen (secondary N) is 1. The molecule has 4 heteroatoms. The van der Waals surface area contributed by atoms with Gasteiger partial charge in [-0.1, -0.05) is 41.4 Å². The molecule has 0 unspecified atom stereocenters. The van der Waals surface area contributed by atoms with E-state index in [9.17, 15) is 0 Å². The highest BCUT2D eigenvalue weighted by Crippen LogP contribution is 2.21. The highest BCUT2D eigenvalue weighted by molar-refractivity contribution is 6.35. The van der Waals surface area contributed by atoms with Crippen LogP contribution in [0, 0.1) is 6.92 Å². The van der Waals surface area contributed by atoms with Gasteiger partial charge in [0.15, 0.2) is 0 Å². The van der Waals surface area contributed by atoms with Crippen molar-refractivity contribution in [2.24, 2.45) is 0 Å². The Morgan fingerprint density at radius 1 is 1.10 bits per heavy atom. The number of rotatable bonds is 6. The van der Waals surface area contributed by atoms with Gasteiger partial charge in [0, 0.05) is 16.6 Å². The smallest absolute Gasteiger partial charge is 0.121 e. The number of ether oxygens (including phenoxy) is 1. The van der Waals surface area contributed by atoms with Gasteiger partial charge in [0.05, 0.1) is 7.11 Å². The molecule has 0 bridgehead atoms. The molecule has 0 aromatic heterocycles. The molecule has 0 aliphatic rings. The van der Waals surface area contributed by atoms with Gasteiger partial charge in [0.1, 0.15) is 5.75 Å². The Bertz CT molecular complexity index is 614. The summed E-state index contributed by atoms with van der Waals surface area (Å²) in [7, 11) is 1.69. The molecule has 0 aliphatic heterocycles. The Morgan fingerprint density at radius 2 is 1.90 bits per heavy atom. The standard InChI is InChI=1S/C17H19Cl2NO/c1-12-9-13(3-6-17(12)21-2)11-20-8-7-14-4-5-15(18)10-16(14)19/h3-6,9-10,20H,7-8,11H2,1-2H3. The van der Waals surface area contributed by atoms with Crippen molar-refractivity contribution in [1.82, 2.24) is 5.32 Å². The first-order chi connectivity index (χ1) is 10.1. The van der Waals surface area contributed by atoms with Crippen LogP contribution in [0.4, 0.5) is 0 Å². The Balaban J connectivity index is 1.83. The summed E-state index contributed by atoms with van der Waals surface area (Å²) in [6.07, 6.45) is 0.880. The number of methoxy groups -OCH3 is 1. The third kappa shape index (κ3) is 4.63. The first-order valence-electron chi connectivity index (χ1n) is 6.88. The van der Waals surface area contributed by atoms with E-state index in [4.69, 9.17) is 27.9 Å². The lowest BCUT2D eigenvalue weighted by Crippen LogP contribution is -2.16. The van der Waals surface area contributed by atoms with E-state index in [1.54, 1.807) is 13.2 Å². The van der Waals surface area contributed by atoms with Crippen molar-refractivity contribution in [3.63, 3.8) is 0 Å². The van der Waals surface area contributed by atoms with Gasteiger partial charge in [0.25, 0.3) is 0 Å². The lowest BCUT2D eigenvalue weighted by atomic mass is 10.1. The SMILES string of the molecule is COc1ccc(CNCCc2ccc(Cl)cc2Cl)cc1C. The molecule has 0 heterocycles. The van der Waals surface area contributed by atoms with Crippen molar-refractivity contribution in [3.8, 4) is 5.75 Å². The zero-order valence-corrected chi connectivity index (χ0v) is 13.8. The summed E-state index contributed by atoms with van der Waals surface area (Å²) in [5.74, 6) is 0.923. The summed E-state index contributed by atoms with van der Waals surface area (Å²) in [6, 6.07) is 11.8. The maximum Gasteiger partial charge on any atom is 0.121 e. The molecule has 2 aromatic rings. The van der Waals surface area contributed by atoms with Crippen LogP contribution in [0.2, 0.25) is 10.0 Å². The number of halogens is 2. The van der Waals surface area contributed by atoms with Gasteiger partial charge in [-0.25, -0.2) is 0 Å². The zero-order chi connectivity index (χ0) is 15.2. The van der Waals surface area contributed by atoms with E-state index in [2.05, 4.69) is 24.4 Å². The van der Waals surface area contributed by atoms with Crippen molar-refractivity contribution in [1.29, 1.82) is 0 Å². The molecule has 21 heavy (non-hydrogen) atoms. The third-order valence-corrected chi connectivity index (χ3v) is 3.96. The van der Waals surface area contributed by atoms with E-state index in [0.29, 0.717) is 5.02 Å². The normalized spacial score (nSPS) is 10.7. The predicted molar refractivity (Wildman–Crippen MR) is 89.6 cm³/mol. The second-order valence-corrected chi connectivity index (χ2v) is 5.81. The van der Waals surface area contributed by atoms with Crippen LogP contribution in [0.15, 0.2) is 36.4 Å². The van der Waals surface area contributed by atoms with Gasteiger partial charge in [0.2, 0.25) is 0 Å². The maximum atomic E-state index is 6.15. The molecule has 0 fully saturated rings. The first kappa shape index (κ1) is 16.2. The Labute approximate surface area is 136 Å². The Hall–Kier alpha value is -1.22. The average molecular weight is 324 g/mol. The lowest BCUT2D eigenvalue weighted by molar-refractivity contribution is 0.411. The molecule has 0 saturated heterocycles. The fourth-order valence-electron chi connectivity index (χ4n) is 2.23. The van der Waals surface area contributed by atoms with Crippen molar-refractivity contribution < 1.29 is 4.74 Å². The Morgan fingerprint density at radius 3 is 2.57 bits per heavy atom. The number of hydrogen-bond acceptors (Lipinski definition) is 2. The third-order valence-electron chi connectivity index (χ3n) is 3.37. The topological polar surface area (TPSA) is 21.3 Å². The Kier molecular flexibility index (Phi) is 5.92. The van der Waals surface area contributed by atoms with Crippen LogP contribution in [0.5, 0.6) is 5.75 Å². The van der Waals surface area contributed by atoms with Crippen LogP contribution in [0.1, 0.15) is 16.7 Å². The summed E-state index contributed by atoms with van der Waals surface area (Å²) >= 11 is 12.0. The summed E-state index contributed by atoms with van der Waals surface area (Å²) in [4.78, 5) is 0. The average Bonchev–Trinajstić information content (AvgIpc) is 2.45. The molecule has 2 rings (SSSR count). The van der Waals surface area contributed by atoms with Crippen molar-refractivity contribution in [2.75, 3.05) is 13.7 Å². The molecule has 1 N–H and O–H groups in total. The van der Waals surface area contributed by atoms with Gasteiger partial charge < -0.3 is 10.1 Å². The zero-order valence-electron chi connectivity index (χ0n) is 12.2. The lowest BCUT2D eigenvalue weighted by Gasteiger charge is -2.09. The van der Waals surface area contributed by atoms with Crippen LogP contribution in [0.25, 0.3) is 0 Å². The van der Waals surface area contributed by atoms with Gasteiger partial charge in [-0.3, -0.25) is 0 Å². The monoisotopic (exact) mass is 323 g/mol. The van der Waals surface area contributed by atoms with E-state index in [1.807, 2.05) is 18.2 Å². The minimum absolute atomic E-state index is 0.672. The second-order valence-electron chi connectivity index (χ2n) is 4.97. The van der Waals surface area contributed by atoms with Crippen LogP contribution < -0.4 is 10.1 Å². The molecule has 0 spiro atoms. The molecule has 2 nitrogen and oxygen atoms in total. The van der Waals surface area contributed by atoms with Crippen molar-refractivity contribution in [3.05, 3.63) is 63.1 Å². The fraction of sp³-hybridized carbons (Fsp3) is 0.294. The molecule has 0 amide bonds. The molecule has 2 aromatic carbocycles. The molecule has 0 aliphatic carbocycles. The van der Waals surface area contributed by atoms with Crippen LogP contribution in [-0.4, -0.2) is 13.7 Å². The summed E-state index contributed by atoms with van der Waals surface area (Å²) in [6.45, 7) is 3.75. The van der Waals surface area contributed by atoms with Gasteiger partial charge in [-0.2, -0.15) is 0 Å². The molecule has 0 atom stereocenters. The summed E-state index contributed by atoms with van der Waals surface area (Å²) in [5, 5.41) is 4.82. The molecular formula is C17H19Cl2NO. The molecular weight excluding hydrogens is 305 g/mol. The molecule has 0 saturated carbocycles. The first-order valence-corrected chi connectivity index (χ1v) is 7.64. The van der Waals surface area contributed by atoms with Gasteiger partial charge in [-0.15, -0.1) is 0 Å². The van der Waals surface area contributed by atoms with Crippen molar-refractivity contribution in [2.45, 2.75) is 19.9 Å². The minimum Gasteiger partial charge on any atom is -0.496 e. The number of aryl methyl sites for hydroxylation is 1. The molecule has 112 valence electrons. The van der Waals surface area contributed by atoms with Crippen LogP contribution in [-0.2, 0) is 13.0 Å².